The van der Waals surface area contributed by atoms with E-state index in [9.17, 15) is 14.0 Å². The van der Waals surface area contributed by atoms with Gasteiger partial charge in [-0.2, -0.15) is 0 Å². The van der Waals surface area contributed by atoms with E-state index in [1.54, 1.807) is 29.2 Å². The van der Waals surface area contributed by atoms with Crippen LogP contribution in [0.25, 0.3) is 5.69 Å². The number of nitrogens with one attached hydrogen (secondary N) is 1. The summed E-state index contributed by atoms with van der Waals surface area (Å²) in [6.07, 6.45) is 1.62. The number of anilines is 2. The van der Waals surface area contributed by atoms with Crippen molar-refractivity contribution >= 4 is 35.0 Å². The zero-order chi connectivity index (χ0) is 20.4. The summed E-state index contributed by atoms with van der Waals surface area (Å²) in [5.41, 5.74) is 1.58. The molecule has 2 heterocycles. The quantitative estimate of drug-likeness (QED) is 0.667. The van der Waals surface area contributed by atoms with Crippen LogP contribution in [-0.2, 0) is 9.59 Å². The van der Waals surface area contributed by atoms with Crippen molar-refractivity contribution in [3.05, 3.63) is 60.7 Å². The fourth-order valence-electron chi connectivity index (χ4n) is 3.30. The van der Waals surface area contributed by atoms with Crippen molar-refractivity contribution < 1.29 is 14.0 Å². The van der Waals surface area contributed by atoms with Crippen molar-refractivity contribution in [2.75, 3.05) is 16.0 Å². The van der Waals surface area contributed by atoms with Crippen LogP contribution in [0.2, 0.25) is 0 Å². The molecule has 29 heavy (non-hydrogen) atoms. The Kier molecular flexibility index (Phi) is 5.30. The molecule has 1 aliphatic heterocycles. The molecule has 1 aromatic heterocycles. The molecule has 0 saturated heterocycles. The lowest BCUT2D eigenvalue weighted by atomic mass is 10.2. The molecule has 0 fully saturated rings. The number of nitrogens with zero attached hydrogens (tertiary/aromatic N) is 4. The molecule has 4 rings (SSSR count). The van der Waals surface area contributed by atoms with Gasteiger partial charge < -0.3 is 10.2 Å². The van der Waals surface area contributed by atoms with Gasteiger partial charge in [0.2, 0.25) is 11.8 Å². The van der Waals surface area contributed by atoms with Crippen LogP contribution in [0.5, 0.6) is 0 Å². The van der Waals surface area contributed by atoms with Crippen molar-refractivity contribution in [3.63, 3.8) is 0 Å². The van der Waals surface area contributed by atoms with Gasteiger partial charge in [0, 0.05) is 12.5 Å². The van der Waals surface area contributed by atoms with Gasteiger partial charge in [-0.1, -0.05) is 36.0 Å². The highest BCUT2D eigenvalue weighted by atomic mass is 32.2. The lowest BCUT2D eigenvalue weighted by Gasteiger charge is -2.27. The molecule has 9 heteroatoms. The molecular weight excluding hydrogens is 393 g/mol. The highest BCUT2D eigenvalue weighted by Gasteiger charge is 2.29. The summed E-state index contributed by atoms with van der Waals surface area (Å²) in [5, 5.41) is 11.1. The zero-order valence-electron chi connectivity index (χ0n) is 15.6. The molecule has 3 aromatic rings. The summed E-state index contributed by atoms with van der Waals surface area (Å²) in [5.74, 6) is -0.637. The Morgan fingerprint density at radius 3 is 2.72 bits per heavy atom. The first-order chi connectivity index (χ1) is 14.0. The van der Waals surface area contributed by atoms with E-state index >= 15 is 0 Å². The Hall–Kier alpha value is -3.20. The van der Waals surface area contributed by atoms with E-state index < -0.39 is 5.82 Å². The van der Waals surface area contributed by atoms with Crippen LogP contribution in [-0.4, -0.2) is 38.4 Å². The number of hydrogen-bond donors (Lipinski definition) is 1. The highest BCUT2D eigenvalue weighted by Crippen LogP contribution is 2.32. The van der Waals surface area contributed by atoms with E-state index in [0.29, 0.717) is 22.2 Å². The predicted molar refractivity (Wildman–Crippen MR) is 109 cm³/mol. The van der Waals surface area contributed by atoms with Crippen molar-refractivity contribution in [2.24, 2.45) is 0 Å². The highest BCUT2D eigenvalue weighted by molar-refractivity contribution is 7.99. The Morgan fingerprint density at radius 1 is 1.21 bits per heavy atom. The third kappa shape index (κ3) is 3.86. The maximum atomic E-state index is 14.1. The van der Waals surface area contributed by atoms with Crippen molar-refractivity contribution in [1.29, 1.82) is 0 Å². The van der Waals surface area contributed by atoms with Gasteiger partial charge in [-0.15, -0.1) is 10.2 Å². The number of fused-ring (bicyclic) bond motifs is 1. The lowest BCUT2D eigenvalue weighted by Crippen LogP contribution is -2.40. The molecule has 0 saturated carbocycles. The SMILES string of the molecule is C[C@H]1CC(=O)Nc2ccccc2N1C(=O)CSc1nncn1-c1ccccc1F. The van der Waals surface area contributed by atoms with Gasteiger partial charge in [-0.25, -0.2) is 4.39 Å². The summed E-state index contributed by atoms with van der Waals surface area (Å²) in [4.78, 5) is 26.8. The summed E-state index contributed by atoms with van der Waals surface area (Å²) < 4.78 is 15.6. The molecule has 0 spiro atoms. The second kappa shape index (κ2) is 8.04. The number of halogens is 1. The Morgan fingerprint density at radius 2 is 1.93 bits per heavy atom. The zero-order valence-corrected chi connectivity index (χ0v) is 16.4. The number of carbonyl (C=O) groups is 2. The molecule has 7 nitrogen and oxygen atoms in total. The average Bonchev–Trinajstić information content (AvgIpc) is 3.11. The molecular formula is C20H18FN5O2S. The number of para-hydroxylation sites is 3. The maximum Gasteiger partial charge on any atom is 0.237 e. The summed E-state index contributed by atoms with van der Waals surface area (Å²) in [6.45, 7) is 1.84. The normalized spacial score (nSPS) is 16.1. The number of amides is 2. The van der Waals surface area contributed by atoms with Crippen LogP contribution >= 0.6 is 11.8 Å². The van der Waals surface area contributed by atoms with Crippen LogP contribution in [0.15, 0.2) is 60.0 Å². The van der Waals surface area contributed by atoms with Gasteiger partial charge in [-0.05, 0) is 31.2 Å². The lowest BCUT2D eigenvalue weighted by molar-refractivity contribution is -0.117. The molecule has 0 radical (unpaired) electrons. The Balaban J connectivity index is 1.56. The monoisotopic (exact) mass is 411 g/mol. The van der Waals surface area contributed by atoms with Crippen molar-refractivity contribution in [3.8, 4) is 5.69 Å². The molecule has 1 N–H and O–H groups in total. The molecule has 1 atom stereocenters. The van der Waals surface area contributed by atoms with Gasteiger partial charge in [0.05, 0.1) is 22.8 Å². The molecule has 148 valence electrons. The van der Waals surface area contributed by atoms with Crippen LogP contribution in [0.4, 0.5) is 15.8 Å². The number of benzene rings is 2. The third-order valence-electron chi connectivity index (χ3n) is 4.58. The first kappa shape index (κ1) is 19.1. The van der Waals surface area contributed by atoms with E-state index in [0.717, 1.165) is 0 Å². The number of carbonyl (C=O) groups excluding carboxylic acids is 2. The smallest absolute Gasteiger partial charge is 0.237 e. The first-order valence-corrected chi connectivity index (χ1v) is 10.0. The minimum Gasteiger partial charge on any atom is -0.324 e. The fraction of sp³-hybridized carbons (Fsp3) is 0.200. The van der Waals surface area contributed by atoms with Crippen LogP contribution in [0.3, 0.4) is 0 Å². The van der Waals surface area contributed by atoms with E-state index in [1.165, 1.54) is 28.7 Å². The van der Waals surface area contributed by atoms with Gasteiger partial charge >= 0.3 is 0 Å². The minimum absolute atomic E-state index is 0.0695. The van der Waals surface area contributed by atoms with Crippen molar-refractivity contribution in [1.82, 2.24) is 14.8 Å². The number of rotatable bonds is 4. The summed E-state index contributed by atoms with van der Waals surface area (Å²) in [6, 6.07) is 13.2. The topological polar surface area (TPSA) is 80.1 Å². The average molecular weight is 411 g/mol. The standard InChI is InChI=1S/C20H18FN5O2S/c1-13-10-18(27)23-15-7-3-5-9-17(15)26(13)19(28)11-29-20-24-22-12-25(20)16-8-4-2-6-14(16)21/h2-9,12-13H,10-11H2,1H3,(H,23,27)/t13-/m0/s1. The van der Waals surface area contributed by atoms with Crippen LogP contribution < -0.4 is 10.2 Å². The van der Waals surface area contributed by atoms with Gasteiger partial charge in [0.15, 0.2) is 5.16 Å². The van der Waals surface area contributed by atoms with Crippen LogP contribution in [0.1, 0.15) is 13.3 Å². The van der Waals surface area contributed by atoms with Gasteiger partial charge in [-0.3, -0.25) is 14.2 Å². The first-order valence-electron chi connectivity index (χ1n) is 9.03. The fourth-order valence-corrected chi connectivity index (χ4v) is 4.08. The predicted octanol–water partition coefficient (Wildman–Crippen LogP) is 3.26. The molecule has 2 amide bonds. The van der Waals surface area contributed by atoms with E-state index in [2.05, 4.69) is 15.5 Å². The van der Waals surface area contributed by atoms with E-state index in [1.807, 2.05) is 25.1 Å². The Labute approximate surface area is 170 Å². The number of hydrogen-bond acceptors (Lipinski definition) is 5. The minimum atomic E-state index is -0.403. The third-order valence-corrected chi connectivity index (χ3v) is 5.51. The molecule has 1 aliphatic rings. The molecule has 0 unspecified atom stereocenters. The maximum absolute atomic E-state index is 14.1. The van der Waals surface area contributed by atoms with E-state index in [4.69, 9.17) is 0 Å². The van der Waals surface area contributed by atoms with Gasteiger partial charge in [0.1, 0.15) is 12.1 Å². The molecule has 2 aromatic carbocycles. The number of aromatic nitrogens is 3. The Bertz CT molecular complexity index is 1070. The number of thioether (sulfide) groups is 1. The van der Waals surface area contributed by atoms with Gasteiger partial charge in [0.25, 0.3) is 0 Å². The second-order valence-electron chi connectivity index (χ2n) is 6.61. The summed E-state index contributed by atoms with van der Waals surface area (Å²) in [7, 11) is 0. The van der Waals surface area contributed by atoms with E-state index in [-0.39, 0.29) is 30.0 Å². The largest absolute Gasteiger partial charge is 0.324 e. The molecule has 0 bridgehead atoms. The molecule has 0 aliphatic carbocycles. The second-order valence-corrected chi connectivity index (χ2v) is 7.55. The van der Waals surface area contributed by atoms with Crippen LogP contribution in [0, 0.1) is 5.82 Å². The van der Waals surface area contributed by atoms with Crippen molar-refractivity contribution in [2.45, 2.75) is 24.5 Å². The summed E-state index contributed by atoms with van der Waals surface area (Å²) >= 11 is 1.17.